The van der Waals surface area contributed by atoms with Gasteiger partial charge in [-0.15, -0.1) is 11.8 Å². The third-order valence-corrected chi connectivity index (χ3v) is 4.95. The normalized spacial score (nSPS) is 15.7. The van der Waals surface area contributed by atoms with E-state index in [1.165, 1.54) is 6.07 Å². The number of halogens is 1. The smallest absolute Gasteiger partial charge is 0.250 e. The number of piperidine rings is 1. The summed E-state index contributed by atoms with van der Waals surface area (Å²) in [5.41, 5.74) is 5.96. The van der Waals surface area contributed by atoms with Crippen LogP contribution in [0.4, 0.5) is 5.69 Å². The van der Waals surface area contributed by atoms with E-state index in [-0.39, 0.29) is 16.5 Å². The molecule has 1 fully saturated rings. The summed E-state index contributed by atoms with van der Waals surface area (Å²) in [5, 5.41) is 6.87. The van der Waals surface area contributed by atoms with Crippen LogP contribution in [-0.2, 0) is 4.79 Å². The molecule has 1 aromatic rings. The number of rotatable bonds is 5. The van der Waals surface area contributed by atoms with Gasteiger partial charge >= 0.3 is 0 Å². The average molecular weight is 328 g/mol. The molecule has 1 saturated heterocycles. The van der Waals surface area contributed by atoms with Crippen molar-refractivity contribution in [3.05, 3.63) is 28.8 Å². The van der Waals surface area contributed by atoms with E-state index >= 15 is 0 Å². The van der Waals surface area contributed by atoms with Crippen LogP contribution in [0.3, 0.4) is 0 Å². The van der Waals surface area contributed by atoms with Crippen molar-refractivity contribution in [2.45, 2.75) is 18.1 Å². The van der Waals surface area contributed by atoms with E-state index < -0.39 is 5.91 Å². The number of nitrogens with one attached hydrogen (secondary N) is 2. The standard InChI is InChI=1S/C14H18ClN3O2S/c15-12-2-1-9(7-11(12)14(16)20)18-13(19)8-21-10-3-5-17-6-4-10/h1-2,7,10,17H,3-6,8H2,(H2,16,20)(H,18,19). The molecule has 0 atom stereocenters. The monoisotopic (exact) mass is 327 g/mol. The van der Waals surface area contributed by atoms with Gasteiger partial charge < -0.3 is 16.4 Å². The molecule has 0 aromatic heterocycles. The van der Waals surface area contributed by atoms with E-state index in [4.69, 9.17) is 17.3 Å². The Morgan fingerprint density at radius 1 is 1.38 bits per heavy atom. The van der Waals surface area contributed by atoms with Gasteiger partial charge in [0.2, 0.25) is 11.8 Å². The van der Waals surface area contributed by atoms with Gasteiger partial charge in [0.25, 0.3) is 0 Å². The van der Waals surface area contributed by atoms with Gasteiger partial charge in [0.15, 0.2) is 0 Å². The zero-order chi connectivity index (χ0) is 15.2. The molecule has 0 saturated carbocycles. The molecule has 1 aliphatic heterocycles. The second kappa shape index (κ2) is 7.68. The molecule has 5 nitrogen and oxygen atoms in total. The maximum Gasteiger partial charge on any atom is 0.250 e. The Kier molecular flexibility index (Phi) is 5.90. The predicted molar refractivity (Wildman–Crippen MR) is 86.9 cm³/mol. The summed E-state index contributed by atoms with van der Waals surface area (Å²) in [6.07, 6.45) is 2.18. The summed E-state index contributed by atoms with van der Waals surface area (Å²) < 4.78 is 0. The van der Waals surface area contributed by atoms with Crippen LogP contribution in [0.15, 0.2) is 18.2 Å². The zero-order valence-corrected chi connectivity index (χ0v) is 13.1. The summed E-state index contributed by atoms with van der Waals surface area (Å²) in [5.74, 6) is -0.296. The number of nitrogens with two attached hydrogens (primary N) is 1. The van der Waals surface area contributed by atoms with Gasteiger partial charge in [0.1, 0.15) is 0 Å². The first-order chi connectivity index (χ1) is 10.1. The molecule has 0 radical (unpaired) electrons. The molecule has 2 rings (SSSR count). The van der Waals surface area contributed by atoms with E-state index in [1.54, 1.807) is 23.9 Å². The molecule has 0 aliphatic carbocycles. The predicted octanol–water partition coefficient (Wildman–Crippen LogP) is 1.86. The number of carbonyl (C=O) groups is 2. The molecule has 0 unspecified atom stereocenters. The van der Waals surface area contributed by atoms with Crippen LogP contribution in [0.2, 0.25) is 5.02 Å². The number of anilines is 1. The third kappa shape index (κ3) is 4.91. The van der Waals surface area contributed by atoms with Gasteiger partial charge in [-0.3, -0.25) is 9.59 Å². The minimum atomic E-state index is -0.611. The Labute approximate surface area is 133 Å². The second-order valence-corrected chi connectivity index (χ2v) is 6.56. The van der Waals surface area contributed by atoms with Crippen molar-refractivity contribution < 1.29 is 9.59 Å². The average Bonchev–Trinajstić information content (AvgIpc) is 2.48. The van der Waals surface area contributed by atoms with Crippen LogP contribution in [0, 0.1) is 0 Å². The fourth-order valence-corrected chi connectivity index (χ4v) is 3.38. The number of hydrogen-bond acceptors (Lipinski definition) is 4. The first kappa shape index (κ1) is 16.1. The van der Waals surface area contributed by atoms with Gasteiger partial charge in [-0.1, -0.05) is 11.6 Å². The molecule has 0 spiro atoms. The van der Waals surface area contributed by atoms with Crippen LogP contribution in [0.25, 0.3) is 0 Å². The Bertz CT molecular complexity index is 533. The molecule has 114 valence electrons. The van der Waals surface area contributed by atoms with E-state index in [0.717, 1.165) is 25.9 Å². The Morgan fingerprint density at radius 3 is 2.76 bits per heavy atom. The largest absolute Gasteiger partial charge is 0.366 e. The Balaban J connectivity index is 1.87. The van der Waals surface area contributed by atoms with Gasteiger partial charge in [-0.2, -0.15) is 0 Å². The lowest BCUT2D eigenvalue weighted by Crippen LogP contribution is -2.30. The van der Waals surface area contributed by atoms with Crippen LogP contribution in [0.5, 0.6) is 0 Å². The van der Waals surface area contributed by atoms with Gasteiger partial charge in [-0.25, -0.2) is 0 Å². The molecule has 2 amide bonds. The molecule has 0 bridgehead atoms. The first-order valence-corrected chi connectivity index (χ1v) is 8.20. The lowest BCUT2D eigenvalue weighted by atomic mass is 10.2. The van der Waals surface area contributed by atoms with Crippen molar-refractivity contribution in [1.29, 1.82) is 0 Å². The summed E-state index contributed by atoms with van der Waals surface area (Å²) in [4.78, 5) is 23.1. The number of primary amides is 1. The summed E-state index contributed by atoms with van der Waals surface area (Å²) in [7, 11) is 0. The van der Waals surface area contributed by atoms with Crippen molar-refractivity contribution in [1.82, 2.24) is 5.32 Å². The number of amides is 2. The lowest BCUT2D eigenvalue weighted by Gasteiger charge is -2.21. The van der Waals surface area contributed by atoms with E-state index in [9.17, 15) is 9.59 Å². The van der Waals surface area contributed by atoms with Gasteiger partial charge in [-0.05, 0) is 44.1 Å². The van der Waals surface area contributed by atoms with Crippen molar-refractivity contribution >= 4 is 40.9 Å². The highest BCUT2D eigenvalue weighted by atomic mass is 35.5. The van der Waals surface area contributed by atoms with E-state index in [0.29, 0.717) is 16.7 Å². The fourth-order valence-electron chi connectivity index (χ4n) is 2.14. The van der Waals surface area contributed by atoms with Crippen molar-refractivity contribution in [3.8, 4) is 0 Å². The second-order valence-electron chi connectivity index (χ2n) is 4.87. The zero-order valence-electron chi connectivity index (χ0n) is 11.5. The molecule has 1 aliphatic rings. The van der Waals surface area contributed by atoms with Gasteiger partial charge in [0.05, 0.1) is 16.3 Å². The quantitative estimate of drug-likeness (QED) is 0.770. The van der Waals surface area contributed by atoms with Crippen LogP contribution in [-0.4, -0.2) is 35.9 Å². The maximum atomic E-state index is 11.9. The molecular formula is C14H18ClN3O2S. The summed E-state index contributed by atoms with van der Waals surface area (Å²) in [6, 6.07) is 4.71. The topological polar surface area (TPSA) is 84.2 Å². The first-order valence-electron chi connectivity index (χ1n) is 6.78. The summed E-state index contributed by atoms with van der Waals surface area (Å²) >= 11 is 7.54. The van der Waals surface area contributed by atoms with Crippen LogP contribution >= 0.6 is 23.4 Å². The fraction of sp³-hybridized carbons (Fsp3) is 0.429. The number of carbonyl (C=O) groups excluding carboxylic acids is 2. The van der Waals surface area contributed by atoms with Crippen molar-refractivity contribution in [3.63, 3.8) is 0 Å². The molecule has 21 heavy (non-hydrogen) atoms. The summed E-state index contributed by atoms with van der Waals surface area (Å²) in [6.45, 7) is 2.02. The highest BCUT2D eigenvalue weighted by Gasteiger charge is 2.15. The molecule has 4 N–H and O–H groups in total. The molecule has 1 aromatic carbocycles. The lowest BCUT2D eigenvalue weighted by molar-refractivity contribution is -0.113. The van der Waals surface area contributed by atoms with Crippen molar-refractivity contribution in [2.75, 3.05) is 24.2 Å². The highest BCUT2D eigenvalue weighted by Crippen LogP contribution is 2.22. The SMILES string of the molecule is NC(=O)c1cc(NC(=O)CSC2CCNCC2)ccc1Cl. The number of benzene rings is 1. The number of thioether (sulfide) groups is 1. The number of hydrogen-bond donors (Lipinski definition) is 3. The molecule has 7 heteroatoms. The Morgan fingerprint density at radius 2 is 2.10 bits per heavy atom. The molecular weight excluding hydrogens is 310 g/mol. The van der Waals surface area contributed by atoms with E-state index in [1.807, 2.05) is 0 Å². The Hall–Kier alpha value is -1.24. The van der Waals surface area contributed by atoms with Gasteiger partial charge in [0, 0.05) is 10.9 Å². The third-order valence-electron chi connectivity index (χ3n) is 3.25. The van der Waals surface area contributed by atoms with E-state index in [2.05, 4.69) is 10.6 Å². The highest BCUT2D eigenvalue weighted by molar-refractivity contribution is 8.00. The minimum Gasteiger partial charge on any atom is -0.366 e. The van der Waals surface area contributed by atoms with Crippen LogP contribution in [0.1, 0.15) is 23.2 Å². The molecule has 1 heterocycles. The maximum absolute atomic E-state index is 11.9. The van der Waals surface area contributed by atoms with Crippen molar-refractivity contribution in [2.24, 2.45) is 5.73 Å². The minimum absolute atomic E-state index is 0.0868. The van der Waals surface area contributed by atoms with Crippen LogP contribution < -0.4 is 16.4 Å².